The maximum Gasteiger partial charge on any atom is 0.124 e. The molecule has 0 aliphatic heterocycles. The van der Waals surface area contributed by atoms with Crippen molar-refractivity contribution in [1.29, 1.82) is 0 Å². The zero-order valence-electron chi connectivity index (χ0n) is 8.66. The monoisotopic (exact) mass is 223 g/mol. The molecule has 0 spiro atoms. The van der Waals surface area contributed by atoms with Crippen LogP contribution in [0.15, 0.2) is 18.2 Å². The number of hydrogen-bond donors (Lipinski definition) is 1. The van der Waals surface area contributed by atoms with E-state index in [2.05, 4.69) is 5.92 Å². The largest absolute Gasteiger partial charge is 0.492 e. The minimum absolute atomic E-state index is 0.107. The molecule has 80 valence electrons. The van der Waals surface area contributed by atoms with Crippen molar-refractivity contribution in [3.05, 3.63) is 28.8 Å². The van der Waals surface area contributed by atoms with Crippen LogP contribution in [0.5, 0.6) is 5.75 Å². The average molecular weight is 224 g/mol. The maximum absolute atomic E-state index is 5.88. The summed E-state index contributed by atoms with van der Waals surface area (Å²) >= 11 is 5.88. The Morgan fingerprint density at radius 2 is 2.33 bits per heavy atom. The van der Waals surface area contributed by atoms with Crippen LogP contribution in [-0.2, 0) is 0 Å². The number of ether oxygens (including phenoxy) is 1. The lowest BCUT2D eigenvalue weighted by Crippen LogP contribution is -2.08. The molecule has 0 saturated carbocycles. The van der Waals surface area contributed by atoms with E-state index < -0.39 is 0 Å². The van der Waals surface area contributed by atoms with Gasteiger partial charge < -0.3 is 10.5 Å². The van der Waals surface area contributed by atoms with Gasteiger partial charge in [-0.25, -0.2) is 0 Å². The van der Waals surface area contributed by atoms with Crippen LogP contribution in [0.3, 0.4) is 0 Å². The van der Waals surface area contributed by atoms with Crippen LogP contribution in [-0.4, -0.2) is 6.61 Å². The zero-order valence-corrected chi connectivity index (χ0v) is 9.42. The van der Waals surface area contributed by atoms with Gasteiger partial charge in [0.1, 0.15) is 5.75 Å². The van der Waals surface area contributed by atoms with Gasteiger partial charge in [0.2, 0.25) is 0 Å². The quantitative estimate of drug-likeness (QED) is 0.629. The molecular formula is C12H14ClNO. The van der Waals surface area contributed by atoms with Crippen LogP contribution < -0.4 is 10.5 Å². The lowest BCUT2D eigenvalue weighted by atomic mass is 10.1. The zero-order chi connectivity index (χ0) is 11.3. The lowest BCUT2D eigenvalue weighted by molar-refractivity contribution is 0.322. The SMILES string of the molecule is C#CCCOc1ccc(Cl)cc1C(C)N. The molecule has 15 heavy (non-hydrogen) atoms. The van der Waals surface area contributed by atoms with Crippen molar-refractivity contribution in [1.82, 2.24) is 0 Å². The fourth-order valence-corrected chi connectivity index (χ4v) is 1.41. The molecule has 2 nitrogen and oxygen atoms in total. The summed E-state index contributed by atoms with van der Waals surface area (Å²) in [6, 6.07) is 5.30. The highest BCUT2D eigenvalue weighted by molar-refractivity contribution is 6.30. The van der Waals surface area contributed by atoms with E-state index >= 15 is 0 Å². The third-order valence-corrected chi connectivity index (χ3v) is 2.20. The molecule has 0 amide bonds. The Morgan fingerprint density at radius 3 is 2.93 bits per heavy atom. The lowest BCUT2D eigenvalue weighted by Gasteiger charge is -2.13. The molecule has 2 N–H and O–H groups in total. The number of terminal acetylenes is 1. The molecule has 0 fully saturated rings. The summed E-state index contributed by atoms with van der Waals surface area (Å²) in [6.07, 6.45) is 5.72. The topological polar surface area (TPSA) is 35.2 Å². The molecule has 0 bridgehead atoms. The second-order valence-electron chi connectivity index (χ2n) is 3.27. The third kappa shape index (κ3) is 3.47. The Balaban J connectivity index is 2.82. The first-order valence-corrected chi connectivity index (χ1v) is 5.14. The maximum atomic E-state index is 5.88. The molecule has 0 saturated heterocycles. The molecule has 0 aliphatic rings. The van der Waals surface area contributed by atoms with Crippen molar-refractivity contribution in [3.8, 4) is 18.1 Å². The Hall–Kier alpha value is -1.17. The number of rotatable bonds is 4. The van der Waals surface area contributed by atoms with Crippen LogP contribution >= 0.6 is 11.6 Å². The Bertz CT molecular complexity index is 368. The van der Waals surface area contributed by atoms with Crippen molar-refractivity contribution in [2.45, 2.75) is 19.4 Å². The van der Waals surface area contributed by atoms with Gasteiger partial charge in [-0.3, -0.25) is 0 Å². The molecule has 0 aromatic heterocycles. The minimum Gasteiger partial charge on any atom is -0.492 e. The molecule has 1 aromatic carbocycles. The summed E-state index contributed by atoms with van der Waals surface area (Å²) in [5.41, 5.74) is 6.71. The van der Waals surface area contributed by atoms with Gasteiger partial charge >= 0.3 is 0 Å². The van der Waals surface area contributed by atoms with Gasteiger partial charge in [0.15, 0.2) is 0 Å². The highest BCUT2D eigenvalue weighted by Crippen LogP contribution is 2.27. The summed E-state index contributed by atoms with van der Waals surface area (Å²) in [7, 11) is 0. The van der Waals surface area contributed by atoms with E-state index in [0.29, 0.717) is 18.1 Å². The first-order chi connectivity index (χ1) is 7.15. The van der Waals surface area contributed by atoms with Gasteiger partial charge in [-0.05, 0) is 25.1 Å². The average Bonchev–Trinajstić information content (AvgIpc) is 2.20. The minimum atomic E-state index is -0.107. The van der Waals surface area contributed by atoms with Crippen molar-refractivity contribution >= 4 is 11.6 Å². The fraction of sp³-hybridized carbons (Fsp3) is 0.333. The second kappa shape index (κ2) is 5.65. The van der Waals surface area contributed by atoms with Crippen LogP contribution in [0.4, 0.5) is 0 Å². The first-order valence-electron chi connectivity index (χ1n) is 4.76. The van der Waals surface area contributed by atoms with Crippen molar-refractivity contribution in [2.24, 2.45) is 5.73 Å². The van der Waals surface area contributed by atoms with Crippen LogP contribution in [0, 0.1) is 12.3 Å². The van der Waals surface area contributed by atoms with Gasteiger partial charge in [-0.15, -0.1) is 12.3 Å². The van der Waals surface area contributed by atoms with E-state index in [1.165, 1.54) is 0 Å². The van der Waals surface area contributed by atoms with E-state index in [1.807, 2.05) is 19.1 Å². The number of halogens is 1. The molecule has 0 aliphatic carbocycles. The summed E-state index contributed by atoms with van der Waals surface area (Å²) in [5, 5.41) is 0.659. The fourth-order valence-electron chi connectivity index (χ4n) is 1.23. The highest BCUT2D eigenvalue weighted by atomic mass is 35.5. The molecule has 0 radical (unpaired) electrons. The predicted molar refractivity (Wildman–Crippen MR) is 63.0 cm³/mol. The molecule has 0 heterocycles. The molecule has 1 atom stereocenters. The van der Waals surface area contributed by atoms with Crippen LogP contribution in [0.25, 0.3) is 0 Å². The predicted octanol–water partition coefficient (Wildman–Crippen LogP) is 2.76. The molecule has 1 rings (SSSR count). The molecular weight excluding hydrogens is 210 g/mol. The van der Waals surface area contributed by atoms with Crippen LogP contribution in [0.1, 0.15) is 24.9 Å². The Labute approximate surface area is 95.4 Å². The van der Waals surface area contributed by atoms with Gasteiger partial charge in [-0.1, -0.05) is 11.6 Å². The summed E-state index contributed by atoms with van der Waals surface area (Å²) in [4.78, 5) is 0. The normalized spacial score (nSPS) is 11.9. The van der Waals surface area contributed by atoms with Crippen molar-refractivity contribution in [3.63, 3.8) is 0 Å². The summed E-state index contributed by atoms with van der Waals surface area (Å²) in [6.45, 7) is 2.39. The van der Waals surface area contributed by atoms with E-state index in [9.17, 15) is 0 Å². The summed E-state index contributed by atoms with van der Waals surface area (Å²) in [5.74, 6) is 3.27. The Morgan fingerprint density at radius 1 is 1.60 bits per heavy atom. The standard InChI is InChI=1S/C12H14ClNO/c1-3-4-7-15-12-6-5-10(13)8-11(12)9(2)14/h1,5-6,8-9H,4,7,14H2,2H3. The highest BCUT2D eigenvalue weighted by Gasteiger charge is 2.08. The first kappa shape index (κ1) is 11.9. The molecule has 3 heteroatoms. The van der Waals surface area contributed by atoms with Crippen LogP contribution in [0.2, 0.25) is 5.02 Å². The van der Waals surface area contributed by atoms with Gasteiger partial charge in [-0.2, -0.15) is 0 Å². The number of nitrogens with two attached hydrogens (primary N) is 1. The molecule has 1 unspecified atom stereocenters. The van der Waals surface area contributed by atoms with E-state index in [-0.39, 0.29) is 6.04 Å². The third-order valence-electron chi connectivity index (χ3n) is 1.97. The van der Waals surface area contributed by atoms with Gasteiger partial charge in [0, 0.05) is 23.0 Å². The number of benzene rings is 1. The smallest absolute Gasteiger partial charge is 0.124 e. The van der Waals surface area contributed by atoms with Gasteiger partial charge in [0.25, 0.3) is 0 Å². The Kier molecular flexibility index (Phi) is 4.48. The number of hydrogen-bond acceptors (Lipinski definition) is 2. The van der Waals surface area contributed by atoms with Crippen molar-refractivity contribution in [2.75, 3.05) is 6.61 Å². The van der Waals surface area contributed by atoms with Gasteiger partial charge in [0.05, 0.1) is 6.61 Å². The second-order valence-corrected chi connectivity index (χ2v) is 3.71. The summed E-state index contributed by atoms with van der Waals surface area (Å²) < 4.78 is 5.51. The van der Waals surface area contributed by atoms with Crippen molar-refractivity contribution < 1.29 is 4.74 Å². The van der Waals surface area contributed by atoms with E-state index in [4.69, 9.17) is 28.5 Å². The van der Waals surface area contributed by atoms with E-state index in [1.54, 1.807) is 6.07 Å². The van der Waals surface area contributed by atoms with E-state index in [0.717, 1.165) is 11.3 Å². The molecule has 1 aromatic rings.